The summed E-state index contributed by atoms with van der Waals surface area (Å²) in [5, 5.41) is 16.6. The van der Waals surface area contributed by atoms with Gasteiger partial charge >= 0.3 is 0 Å². The lowest BCUT2D eigenvalue weighted by Crippen LogP contribution is -2.21. The molecule has 0 bridgehead atoms. The molecule has 8 nitrogen and oxygen atoms in total. The molecule has 1 N–H and O–H groups in total. The lowest BCUT2D eigenvalue weighted by atomic mass is 10.1. The number of nitrogens with zero attached hydrogens (tertiary/aromatic N) is 6. The van der Waals surface area contributed by atoms with E-state index in [1.807, 2.05) is 44.2 Å². The van der Waals surface area contributed by atoms with Gasteiger partial charge in [-0.05, 0) is 71.4 Å². The molecule has 2 aliphatic heterocycles. The maximum atomic E-state index is 12.6. The summed E-state index contributed by atoms with van der Waals surface area (Å²) in [6.45, 7) is 5.76. The summed E-state index contributed by atoms with van der Waals surface area (Å²) in [5.41, 5.74) is 5.01. The molecule has 0 saturated carbocycles. The van der Waals surface area contributed by atoms with E-state index in [-0.39, 0.29) is 11.7 Å². The molecule has 30 heavy (non-hydrogen) atoms. The fraction of sp³-hybridized carbons (Fsp3) is 0.250. The molecule has 0 aliphatic carbocycles. The molecular weight excluding hydrogens is 418 g/mol. The molecule has 3 heterocycles. The van der Waals surface area contributed by atoms with Crippen molar-refractivity contribution in [3.8, 4) is 5.69 Å². The third-order valence-electron chi connectivity index (χ3n) is 4.90. The van der Waals surface area contributed by atoms with Gasteiger partial charge in [-0.15, -0.1) is 5.10 Å². The minimum Gasteiger partial charge on any atom is -0.325 e. The van der Waals surface area contributed by atoms with Crippen molar-refractivity contribution in [1.29, 1.82) is 0 Å². The van der Waals surface area contributed by atoms with Gasteiger partial charge in [0.25, 0.3) is 0 Å². The number of aliphatic imine (C=N–C) groups is 1. The zero-order valence-electron chi connectivity index (χ0n) is 16.5. The van der Waals surface area contributed by atoms with E-state index in [9.17, 15) is 4.79 Å². The van der Waals surface area contributed by atoms with Crippen LogP contribution < -0.4 is 10.2 Å². The molecule has 152 valence electrons. The van der Waals surface area contributed by atoms with Crippen LogP contribution in [0.5, 0.6) is 0 Å². The summed E-state index contributed by atoms with van der Waals surface area (Å²) in [6, 6.07) is 12.1. The number of tetrazole rings is 1. The van der Waals surface area contributed by atoms with E-state index in [4.69, 9.17) is 0 Å². The number of fused-ring (bicyclic) bond motifs is 3. The second-order valence-corrected chi connectivity index (χ2v) is 9.05. The van der Waals surface area contributed by atoms with Crippen molar-refractivity contribution in [3.63, 3.8) is 0 Å². The van der Waals surface area contributed by atoms with Crippen LogP contribution in [0.15, 0.2) is 51.4 Å². The lowest BCUT2D eigenvalue weighted by molar-refractivity contribution is -0.113. The van der Waals surface area contributed by atoms with Crippen LogP contribution in [0.2, 0.25) is 0 Å². The first-order valence-electron chi connectivity index (χ1n) is 9.51. The van der Waals surface area contributed by atoms with Gasteiger partial charge in [-0.2, -0.15) is 4.68 Å². The van der Waals surface area contributed by atoms with Crippen molar-refractivity contribution in [2.24, 2.45) is 4.99 Å². The van der Waals surface area contributed by atoms with E-state index >= 15 is 0 Å². The Balaban J connectivity index is 1.26. The monoisotopic (exact) mass is 437 g/mol. The number of aryl methyl sites for hydroxylation is 2. The molecular formula is C20H19N7OS2. The van der Waals surface area contributed by atoms with Gasteiger partial charge in [0.15, 0.2) is 5.17 Å². The zero-order chi connectivity index (χ0) is 20.7. The molecule has 0 saturated heterocycles. The van der Waals surface area contributed by atoms with E-state index in [0.29, 0.717) is 5.16 Å². The van der Waals surface area contributed by atoms with Crippen molar-refractivity contribution >= 4 is 46.0 Å². The Morgan fingerprint density at radius 1 is 1.20 bits per heavy atom. The lowest BCUT2D eigenvalue weighted by Gasteiger charge is -2.13. The molecule has 5 rings (SSSR count). The van der Waals surface area contributed by atoms with Crippen molar-refractivity contribution in [1.82, 2.24) is 20.2 Å². The van der Waals surface area contributed by atoms with Crippen LogP contribution in [0.25, 0.3) is 5.69 Å². The summed E-state index contributed by atoms with van der Waals surface area (Å²) in [6.07, 6.45) is 0. The van der Waals surface area contributed by atoms with Crippen LogP contribution in [0.4, 0.5) is 11.4 Å². The number of hydrogen-bond donors (Lipinski definition) is 1. The van der Waals surface area contributed by atoms with E-state index < -0.39 is 0 Å². The largest absolute Gasteiger partial charge is 0.325 e. The molecule has 0 radical (unpaired) electrons. The van der Waals surface area contributed by atoms with Crippen molar-refractivity contribution < 1.29 is 4.79 Å². The number of nitrogens with one attached hydrogen (secondary N) is 1. The minimum atomic E-state index is -0.101. The van der Waals surface area contributed by atoms with Crippen molar-refractivity contribution in [2.75, 3.05) is 29.1 Å². The van der Waals surface area contributed by atoms with Gasteiger partial charge in [0.2, 0.25) is 11.1 Å². The number of amidine groups is 1. The molecule has 1 amide bonds. The Labute approximate surface area is 182 Å². The molecule has 3 aromatic rings. The average molecular weight is 438 g/mol. The van der Waals surface area contributed by atoms with Crippen LogP contribution in [-0.4, -0.2) is 50.1 Å². The van der Waals surface area contributed by atoms with Crippen LogP contribution in [0, 0.1) is 13.8 Å². The van der Waals surface area contributed by atoms with Crippen LogP contribution in [-0.2, 0) is 4.79 Å². The number of carbonyl (C=O) groups is 1. The topological polar surface area (TPSA) is 88.3 Å². The molecule has 1 aromatic heterocycles. The van der Waals surface area contributed by atoms with Crippen molar-refractivity contribution in [2.45, 2.75) is 23.9 Å². The van der Waals surface area contributed by atoms with Gasteiger partial charge in [-0.1, -0.05) is 23.9 Å². The number of benzene rings is 2. The van der Waals surface area contributed by atoms with Gasteiger partial charge in [0.1, 0.15) is 0 Å². The summed E-state index contributed by atoms with van der Waals surface area (Å²) in [7, 11) is 0. The number of amides is 1. The molecule has 0 fully saturated rings. The van der Waals surface area contributed by atoms with E-state index in [0.717, 1.165) is 46.4 Å². The van der Waals surface area contributed by atoms with Crippen LogP contribution in [0.1, 0.15) is 11.1 Å². The smallest absolute Gasteiger partial charge is 0.234 e. The molecule has 0 unspecified atom stereocenters. The molecule has 2 aliphatic rings. The first-order chi connectivity index (χ1) is 14.6. The molecule has 0 spiro atoms. The Hall–Kier alpha value is -2.85. The summed E-state index contributed by atoms with van der Waals surface area (Å²) >= 11 is 2.99. The van der Waals surface area contributed by atoms with E-state index in [1.165, 1.54) is 16.7 Å². The number of thioether (sulfide) groups is 2. The third kappa shape index (κ3) is 3.56. The fourth-order valence-electron chi connectivity index (χ4n) is 3.42. The van der Waals surface area contributed by atoms with Gasteiger partial charge in [0.05, 0.1) is 23.7 Å². The number of aromatic nitrogens is 4. The van der Waals surface area contributed by atoms with E-state index in [2.05, 4.69) is 36.8 Å². The average Bonchev–Trinajstić information content (AvgIpc) is 3.44. The van der Waals surface area contributed by atoms with E-state index in [1.54, 1.807) is 16.4 Å². The maximum Gasteiger partial charge on any atom is 0.234 e. The van der Waals surface area contributed by atoms with Crippen LogP contribution >= 0.6 is 23.5 Å². The predicted molar refractivity (Wildman–Crippen MR) is 120 cm³/mol. The Morgan fingerprint density at radius 2 is 2.10 bits per heavy atom. The zero-order valence-corrected chi connectivity index (χ0v) is 18.1. The number of rotatable bonds is 5. The van der Waals surface area contributed by atoms with Crippen molar-refractivity contribution in [3.05, 3.63) is 47.5 Å². The highest BCUT2D eigenvalue weighted by molar-refractivity contribution is 8.14. The Kier molecular flexibility index (Phi) is 4.95. The molecule has 0 atom stereocenters. The molecule has 2 aromatic carbocycles. The van der Waals surface area contributed by atoms with Gasteiger partial charge < -0.3 is 10.2 Å². The standard InChI is InChI=1S/C20H19N7OS2/c1-12-3-4-13(2)15(9-12)27-20(23-24-25-27)29-11-18(28)22-14-5-6-17-16(10-14)26-8-7-21-19(26)30-17/h3-6,9-10H,7-8,11H2,1-2H3,(H,22,28). The number of carbonyl (C=O) groups excluding carboxylic acids is 1. The third-order valence-corrected chi connectivity index (χ3v) is 6.92. The SMILES string of the molecule is Cc1ccc(C)c(-n2nnnc2SCC(=O)Nc2ccc3c(c2)N2CCN=C2S3)c1. The quantitative estimate of drug-likeness (QED) is 0.613. The summed E-state index contributed by atoms with van der Waals surface area (Å²) in [5.74, 6) is 0.115. The second-order valence-electron chi connectivity index (χ2n) is 7.10. The summed E-state index contributed by atoms with van der Waals surface area (Å²) in [4.78, 5) is 20.4. The summed E-state index contributed by atoms with van der Waals surface area (Å²) < 4.78 is 1.68. The molecule has 10 heteroatoms. The highest BCUT2D eigenvalue weighted by atomic mass is 32.2. The van der Waals surface area contributed by atoms with Crippen LogP contribution in [0.3, 0.4) is 0 Å². The highest BCUT2D eigenvalue weighted by Gasteiger charge is 2.29. The highest BCUT2D eigenvalue weighted by Crippen LogP contribution is 2.43. The van der Waals surface area contributed by atoms with Gasteiger partial charge in [-0.25, -0.2) is 0 Å². The van der Waals surface area contributed by atoms with Gasteiger partial charge in [-0.3, -0.25) is 9.79 Å². The number of anilines is 2. The Bertz CT molecular complexity index is 1170. The minimum absolute atomic E-state index is 0.101. The first kappa shape index (κ1) is 19.1. The second kappa shape index (κ2) is 7.77. The normalized spacial score (nSPS) is 14.5. The fourth-order valence-corrected chi connectivity index (χ4v) is 5.17. The predicted octanol–water partition coefficient (Wildman–Crippen LogP) is 3.29. The Morgan fingerprint density at radius 3 is 3.00 bits per heavy atom. The van der Waals surface area contributed by atoms with Gasteiger partial charge in [0, 0.05) is 17.1 Å². The first-order valence-corrected chi connectivity index (χ1v) is 11.3. The maximum absolute atomic E-state index is 12.6. The number of hydrogen-bond acceptors (Lipinski definition) is 8.